The first kappa shape index (κ1) is 70.0. The van der Waals surface area contributed by atoms with Crippen LogP contribution in [0.5, 0.6) is 0 Å². The van der Waals surface area contributed by atoms with Gasteiger partial charge in [-0.3, -0.25) is 4.98 Å². The van der Waals surface area contributed by atoms with E-state index in [9.17, 15) is 0 Å². The molecule has 0 fully saturated rings. The molecule has 0 bridgehead atoms. The Morgan fingerprint density at radius 3 is 0.634 bits per heavy atom. The van der Waals surface area contributed by atoms with Gasteiger partial charge in [0.2, 0.25) is 0 Å². The zero-order chi connectivity index (χ0) is 75.0. The Morgan fingerprint density at radius 1 is 0.134 bits per heavy atom. The fourth-order valence-corrected chi connectivity index (χ4v) is 14.3. The van der Waals surface area contributed by atoms with Crippen LogP contribution in [0.1, 0.15) is 44.5 Å². The predicted octanol–water partition coefficient (Wildman–Crippen LogP) is 25.8. The topological polar surface area (TPSA) is 90.2 Å². The standard InChI is InChI=1S/C53H37N3.C52H36N4/c1-6-18-38(19-7-1)46-29-17-31-48(37-46)53-55-51(43-26-14-5-15-27-43)54-52(56-53)44-34-32-39(33-35-44)45-28-16-30-47(36-45)50(42-24-12-4-13-25-42)49(40-20-8-2-9-21-40)41-22-10-3-11-23-41;1-5-15-39(16-6-1)48(40-17-7-2-8-18-40)49(41-19-9-3-10-20-41)46-24-13-23-45(35-46)37-26-30-43(31-27-37)51-54-50(42-21-11-4-12-22-42)55-52(56-51)44-32-28-38(29-33-44)47-25-14-34-53-36-47/h1-37H;1-36H. The van der Waals surface area contributed by atoms with E-state index < -0.39 is 0 Å². The molecule has 0 aliphatic carbocycles. The van der Waals surface area contributed by atoms with Crippen molar-refractivity contribution in [3.05, 3.63) is 488 Å². The number of rotatable bonds is 18. The third-order valence-corrected chi connectivity index (χ3v) is 19.8. The number of pyridine rings is 1. The van der Waals surface area contributed by atoms with Crippen LogP contribution >= 0.6 is 0 Å². The summed E-state index contributed by atoms with van der Waals surface area (Å²) in [7, 11) is 0. The molecule has 7 nitrogen and oxygen atoms in total. The second kappa shape index (κ2) is 33.4. The molecule has 112 heavy (non-hydrogen) atoms. The van der Waals surface area contributed by atoms with Gasteiger partial charge in [0.25, 0.3) is 0 Å². The molecule has 0 spiro atoms. The summed E-state index contributed by atoms with van der Waals surface area (Å²) in [5, 5.41) is 0. The second-order valence-electron chi connectivity index (χ2n) is 27.1. The van der Waals surface area contributed by atoms with Crippen molar-refractivity contribution in [2.24, 2.45) is 0 Å². The summed E-state index contributed by atoms with van der Waals surface area (Å²) in [6.07, 6.45) is 3.65. The lowest BCUT2D eigenvalue weighted by atomic mass is 9.85. The Bertz CT molecular complexity index is 6170. The Kier molecular flexibility index (Phi) is 20.9. The van der Waals surface area contributed by atoms with Gasteiger partial charge in [0.05, 0.1) is 0 Å². The van der Waals surface area contributed by atoms with Gasteiger partial charge in [0.1, 0.15) is 0 Å². The highest BCUT2D eigenvalue weighted by atomic mass is 15.0. The van der Waals surface area contributed by atoms with Crippen molar-refractivity contribution in [3.63, 3.8) is 0 Å². The highest BCUT2D eigenvalue weighted by Crippen LogP contribution is 2.42. The average molecular weight is 1430 g/mol. The maximum absolute atomic E-state index is 5.06. The van der Waals surface area contributed by atoms with Crippen molar-refractivity contribution in [2.45, 2.75) is 0 Å². The molecule has 18 rings (SSSR count). The van der Waals surface area contributed by atoms with Crippen molar-refractivity contribution in [2.75, 3.05) is 0 Å². The van der Waals surface area contributed by atoms with Gasteiger partial charge in [-0.2, -0.15) is 0 Å². The Hall–Kier alpha value is -15.1. The van der Waals surface area contributed by atoms with E-state index in [1.807, 2.05) is 79.0 Å². The number of benzene rings is 15. The van der Waals surface area contributed by atoms with Crippen LogP contribution in [0.2, 0.25) is 0 Å². The van der Waals surface area contributed by atoms with Gasteiger partial charge in [-0.25, -0.2) is 29.9 Å². The first-order chi connectivity index (χ1) is 55.5. The zero-order valence-corrected chi connectivity index (χ0v) is 61.3. The summed E-state index contributed by atoms with van der Waals surface area (Å²) in [6, 6.07) is 150. The molecule has 0 aliphatic rings. The number of nitrogens with zero attached hydrogens (tertiary/aromatic N) is 7. The van der Waals surface area contributed by atoms with Crippen LogP contribution in [0.15, 0.2) is 443 Å². The molecular formula is C105H73N7. The molecule has 18 aromatic rings. The summed E-state index contributed by atoms with van der Waals surface area (Å²) < 4.78 is 0. The quantitative estimate of drug-likeness (QED) is 0.0791. The van der Waals surface area contributed by atoms with Crippen molar-refractivity contribution < 1.29 is 0 Å². The Balaban J connectivity index is 0.000000163. The SMILES string of the molecule is c1ccc(C(=C(c2ccccc2)c2cccc(-c3ccc(-c4nc(-c5ccccc5)nc(-c5ccc(-c6cccnc6)cc5)n4)cc3)c2)c2ccccc2)cc1.c1ccc(C(=C(c2ccccc2)c2cccc(-c3ccc(-c4nc(-c5ccccc5)nc(-c5cccc(-c6ccccc6)c5)n4)cc3)c2)c2ccccc2)cc1. The average Bonchev–Trinajstić information content (AvgIpc) is 0.768. The minimum Gasteiger partial charge on any atom is -0.264 e. The lowest BCUT2D eigenvalue weighted by Crippen LogP contribution is -2.00. The van der Waals surface area contributed by atoms with E-state index in [1.165, 1.54) is 44.5 Å². The third-order valence-electron chi connectivity index (χ3n) is 19.8. The summed E-state index contributed by atoms with van der Waals surface area (Å²) in [5.74, 6) is 3.78. The molecule has 0 unspecified atom stereocenters. The molecule has 528 valence electrons. The smallest absolute Gasteiger partial charge is 0.164 e. The number of hydrogen-bond acceptors (Lipinski definition) is 7. The highest BCUT2D eigenvalue weighted by Gasteiger charge is 2.21. The maximum atomic E-state index is 5.06. The first-order valence-electron chi connectivity index (χ1n) is 37.6. The van der Waals surface area contributed by atoms with Gasteiger partial charge in [-0.15, -0.1) is 0 Å². The fourth-order valence-electron chi connectivity index (χ4n) is 14.3. The fraction of sp³-hybridized carbons (Fsp3) is 0. The van der Waals surface area contributed by atoms with E-state index in [1.54, 1.807) is 6.20 Å². The lowest BCUT2D eigenvalue weighted by Gasteiger charge is -2.19. The van der Waals surface area contributed by atoms with Crippen LogP contribution in [0.4, 0.5) is 0 Å². The maximum Gasteiger partial charge on any atom is 0.164 e. The minimum absolute atomic E-state index is 0.621. The number of aromatic nitrogens is 7. The lowest BCUT2D eigenvalue weighted by molar-refractivity contribution is 1.07. The van der Waals surface area contributed by atoms with E-state index in [4.69, 9.17) is 29.9 Å². The molecule has 0 N–H and O–H groups in total. The van der Waals surface area contributed by atoms with Crippen molar-refractivity contribution in [3.8, 4) is 113 Å². The molecule has 0 aliphatic heterocycles. The van der Waals surface area contributed by atoms with Crippen LogP contribution in [0.25, 0.3) is 135 Å². The van der Waals surface area contributed by atoms with Crippen molar-refractivity contribution in [1.29, 1.82) is 0 Å². The van der Waals surface area contributed by atoms with Gasteiger partial charge in [-0.1, -0.05) is 406 Å². The van der Waals surface area contributed by atoms with E-state index >= 15 is 0 Å². The Morgan fingerprint density at radius 2 is 0.330 bits per heavy atom. The van der Waals surface area contributed by atoms with Gasteiger partial charge >= 0.3 is 0 Å². The van der Waals surface area contributed by atoms with Crippen LogP contribution in [0.3, 0.4) is 0 Å². The van der Waals surface area contributed by atoms with Crippen LogP contribution in [0, 0.1) is 0 Å². The third kappa shape index (κ3) is 16.0. The number of hydrogen-bond donors (Lipinski definition) is 0. The second-order valence-corrected chi connectivity index (χ2v) is 27.1. The molecule has 3 heterocycles. The molecule has 3 aromatic heterocycles. The van der Waals surface area contributed by atoms with Crippen LogP contribution < -0.4 is 0 Å². The molecule has 0 amide bonds. The summed E-state index contributed by atoms with van der Waals surface area (Å²) in [5.41, 5.74) is 28.5. The summed E-state index contributed by atoms with van der Waals surface area (Å²) >= 11 is 0. The normalized spacial score (nSPS) is 10.9. The first-order valence-corrected chi connectivity index (χ1v) is 37.6. The van der Waals surface area contributed by atoms with Crippen LogP contribution in [-0.4, -0.2) is 34.9 Å². The summed E-state index contributed by atoms with van der Waals surface area (Å²) in [6.45, 7) is 0. The van der Waals surface area contributed by atoms with Gasteiger partial charge in [0, 0.05) is 45.8 Å². The van der Waals surface area contributed by atoms with Crippen molar-refractivity contribution >= 4 is 22.3 Å². The minimum atomic E-state index is 0.621. The summed E-state index contributed by atoms with van der Waals surface area (Å²) in [4.78, 5) is 34.2. The molecule has 15 aromatic carbocycles. The molecule has 0 saturated carbocycles. The molecule has 0 saturated heterocycles. The van der Waals surface area contributed by atoms with Crippen molar-refractivity contribution in [1.82, 2.24) is 34.9 Å². The van der Waals surface area contributed by atoms with E-state index in [-0.39, 0.29) is 0 Å². The molecule has 7 heteroatoms. The Labute approximate surface area is 653 Å². The highest BCUT2D eigenvalue weighted by molar-refractivity contribution is 6.06. The van der Waals surface area contributed by atoms with E-state index in [0.29, 0.717) is 34.9 Å². The zero-order valence-electron chi connectivity index (χ0n) is 61.3. The molecular weight excluding hydrogens is 1360 g/mol. The van der Waals surface area contributed by atoms with Gasteiger partial charge in [-0.05, 0) is 136 Å². The predicted molar refractivity (Wildman–Crippen MR) is 460 cm³/mol. The molecule has 0 atom stereocenters. The monoisotopic (exact) mass is 1430 g/mol. The molecule has 0 radical (unpaired) electrons. The van der Waals surface area contributed by atoms with E-state index in [0.717, 1.165) is 100 Å². The van der Waals surface area contributed by atoms with Gasteiger partial charge in [0.15, 0.2) is 34.9 Å². The van der Waals surface area contributed by atoms with Gasteiger partial charge < -0.3 is 0 Å². The van der Waals surface area contributed by atoms with E-state index in [2.05, 4.69) is 363 Å². The largest absolute Gasteiger partial charge is 0.264 e. The van der Waals surface area contributed by atoms with Crippen LogP contribution in [-0.2, 0) is 0 Å².